The minimum atomic E-state index is -0.195. The minimum Gasteiger partial charge on any atom is -0.493 e. The molecule has 0 amide bonds. The van der Waals surface area contributed by atoms with E-state index in [1.54, 1.807) is 19.4 Å². The summed E-state index contributed by atoms with van der Waals surface area (Å²) in [6, 6.07) is 9.31. The van der Waals surface area contributed by atoms with E-state index in [0.717, 1.165) is 20.0 Å². The first-order valence-electron chi connectivity index (χ1n) is 10.1. The molecule has 0 saturated carbocycles. The van der Waals surface area contributed by atoms with Crippen LogP contribution in [0, 0.1) is 3.57 Å². The van der Waals surface area contributed by atoms with Crippen molar-refractivity contribution < 1.29 is 9.47 Å². The summed E-state index contributed by atoms with van der Waals surface area (Å²) < 4.78 is 14.5. The lowest BCUT2D eigenvalue weighted by molar-refractivity contribution is 0.228. The van der Waals surface area contributed by atoms with Crippen LogP contribution in [0.2, 0.25) is 0 Å². The molecule has 0 aliphatic heterocycles. The Balaban J connectivity index is 2.13. The topological polar surface area (TPSA) is 65.7 Å². The second-order valence-corrected chi connectivity index (χ2v) is 9.58. The molecule has 1 heterocycles. The fourth-order valence-corrected chi connectivity index (χ4v) is 4.18. The van der Waals surface area contributed by atoms with E-state index in [9.17, 15) is 4.79 Å². The Morgan fingerprint density at radius 3 is 2.65 bits per heavy atom. The third-order valence-corrected chi connectivity index (χ3v) is 6.11. The van der Waals surface area contributed by atoms with E-state index in [1.165, 1.54) is 4.68 Å². The SMILES string of the molecule is CC[C@@H](C)c1nc2ccc(Br)cc2c(=O)n1N=Cc1cc(I)c(OC(C)C)c(OC)c1. The van der Waals surface area contributed by atoms with Crippen LogP contribution in [-0.2, 0) is 0 Å². The first kappa shape index (κ1) is 23.7. The maximum atomic E-state index is 13.3. The molecule has 0 saturated heterocycles. The summed E-state index contributed by atoms with van der Waals surface area (Å²) in [7, 11) is 1.61. The smallest absolute Gasteiger partial charge is 0.282 e. The van der Waals surface area contributed by atoms with Crippen molar-refractivity contribution >= 4 is 55.6 Å². The van der Waals surface area contributed by atoms with E-state index in [0.29, 0.717) is 28.2 Å². The zero-order valence-corrected chi connectivity index (χ0v) is 21.9. The molecule has 0 radical (unpaired) electrons. The fraction of sp³-hybridized carbons (Fsp3) is 0.348. The molecule has 3 aromatic rings. The zero-order chi connectivity index (χ0) is 22.7. The van der Waals surface area contributed by atoms with Gasteiger partial charge in [-0.3, -0.25) is 4.79 Å². The van der Waals surface area contributed by atoms with E-state index >= 15 is 0 Å². The van der Waals surface area contributed by atoms with Gasteiger partial charge >= 0.3 is 0 Å². The van der Waals surface area contributed by atoms with Gasteiger partial charge in [-0.05, 0) is 78.8 Å². The van der Waals surface area contributed by atoms with Crippen molar-refractivity contribution in [1.29, 1.82) is 0 Å². The number of benzene rings is 2. The van der Waals surface area contributed by atoms with Gasteiger partial charge in [0.15, 0.2) is 11.5 Å². The zero-order valence-electron chi connectivity index (χ0n) is 18.1. The molecule has 0 fully saturated rings. The number of methoxy groups -OCH3 is 1. The molecular weight excluding hydrogens is 573 g/mol. The molecule has 0 aliphatic rings. The molecule has 3 rings (SSSR count). The number of hydrogen-bond acceptors (Lipinski definition) is 5. The monoisotopic (exact) mass is 597 g/mol. The van der Waals surface area contributed by atoms with E-state index in [1.807, 2.05) is 45.0 Å². The minimum absolute atomic E-state index is 0.0293. The first-order chi connectivity index (χ1) is 14.7. The molecule has 31 heavy (non-hydrogen) atoms. The molecule has 1 aromatic heterocycles. The van der Waals surface area contributed by atoms with E-state index in [2.05, 4.69) is 50.5 Å². The number of ether oxygens (including phenoxy) is 2. The summed E-state index contributed by atoms with van der Waals surface area (Å²) in [5, 5.41) is 5.05. The van der Waals surface area contributed by atoms with Crippen LogP contribution < -0.4 is 15.0 Å². The summed E-state index contributed by atoms with van der Waals surface area (Å²) in [5.41, 5.74) is 1.27. The van der Waals surface area contributed by atoms with Gasteiger partial charge in [-0.25, -0.2) is 4.98 Å². The molecule has 0 spiro atoms. The van der Waals surface area contributed by atoms with Crippen LogP contribution >= 0.6 is 38.5 Å². The lowest BCUT2D eigenvalue weighted by Crippen LogP contribution is -2.23. The van der Waals surface area contributed by atoms with Gasteiger partial charge in [0, 0.05) is 10.4 Å². The second kappa shape index (κ2) is 10.1. The van der Waals surface area contributed by atoms with Crippen molar-refractivity contribution in [3.05, 3.63) is 60.1 Å². The lowest BCUT2D eigenvalue weighted by atomic mass is 10.1. The van der Waals surface area contributed by atoms with Gasteiger partial charge in [-0.2, -0.15) is 9.78 Å². The fourth-order valence-electron chi connectivity index (χ4n) is 3.07. The standard InChI is InChI=1S/C23H25BrIN3O3/c1-6-14(4)22-27-19-8-7-16(24)11-17(19)23(29)28(22)26-12-15-9-18(25)21(31-13(2)3)20(10-15)30-5/h7-14H,6H2,1-5H3/t14-/m1/s1. The van der Waals surface area contributed by atoms with E-state index in [4.69, 9.17) is 14.5 Å². The lowest BCUT2D eigenvalue weighted by Gasteiger charge is -2.16. The first-order valence-corrected chi connectivity index (χ1v) is 11.9. The Kier molecular flexibility index (Phi) is 7.74. The highest BCUT2D eigenvalue weighted by molar-refractivity contribution is 14.1. The molecule has 8 heteroatoms. The Hall–Kier alpha value is -1.94. The van der Waals surface area contributed by atoms with Crippen molar-refractivity contribution in [3.8, 4) is 11.5 Å². The molecule has 164 valence electrons. The third-order valence-electron chi connectivity index (χ3n) is 4.81. The van der Waals surface area contributed by atoms with Crippen LogP contribution in [0.15, 0.2) is 44.7 Å². The summed E-state index contributed by atoms with van der Waals surface area (Å²) in [6.07, 6.45) is 2.53. The number of halogens is 2. The van der Waals surface area contributed by atoms with Gasteiger partial charge in [-0.1, -0.05) is 29.8 Å². The second-order valence-electron chi connectivity index (χ2n) is 7.50. The highest BCUT2D eigenvalue weighted by Gasteiger charge is 2.16. The van der Waals surface area contributed by atoms with Crippen LogP contribution in [0.25, 0.3) is 10.9 Å². The van der Waals surface area contributed by atoms with Gasteiger partial charge in [0.05, 0.1) is 33.9 Å². The normalized spacial score (nSPS) is 12.6. The molecular formula is C23H25BrIN3O3. The van der Waals surface area contributed by atoms with Gasteiger partial charge in [0.2, 0.25) is 0 Å². The summed E-state index contributed by atoms with van der Waals surface area (Å²) in [5.74, 6) is 2.04. The van der Waals surface area contributed by atoms with Crippen LogP contribution in [0.4, 0.5) is 0 Å². The largest absolute Gasteiger partial charge is 0.493 e. The highest BCUT2D eigenvalue weighted by Crippen LogP contribution is 2.34. The van der Waals surface area contributed by atoms with Crippen LogP contribution in [0.1, 0.15) is 51.4 Å². The predicted octanol–water partition coefficient (Wildman–Crippen LogP) is 5.96. The van der Waals surface area contributed by atoms with Gasteiger partial charge in [-0.15, -0.1) is 0 Å². The van der Waals surface area contributed by atoms with Crippen molar-refractivity contribution in [2.75, 3.05) is 7.11 Å². The van der Waals surface area contributed by atoms with Gasteiger partial charge < -0.3 is 9.47 Å². The van der Waals surface area contributed by atoms with Gasteiger partial charge in [0.25, 0.3) is 5.56 Å². The van der Waals surface area contributed by atoms with Crippen LogP contribution in [0.3, 0.4) is 0 Å². The Morgan fingerprint density at radius 2 is 2.00 bits per heavy atom. The quantitative estimate of drug-likeness (QED) is 0.249. The van der Waals surface area contributed by atoms with Crippen LogP contribution in [-0.4, -0.2) is 29.1 Å². The third kappa shape index (κ3) is 5.28. The number of aromatic nitrogens is 2. The predicted molar refractivity (Wildman–Crippen MR) is 137 cm³/mol. The average Bonchev–Trinajstić information content (AvgIpc) is 2.74. The maximum Gasteiger partial charge on any atom is 0.282 e. The van der Waals surface area contributed by atoms with Crippen molar-refractivity contribution in [3.63, 3.8) is 0 Å². The maximum absolute atomic E-state index is 13.3. The molecule has 6 nitrogen and oxygen atoms in total. The summed E-state index contributed by atoms with van der Waals surface area (Å²) >= 11 is 5.65. The number of rotatable bonds is 7. The molecule has 0 bridgehead atoms. The molecule has 0 aliphatic carbocycles. The van der Waals surface area contributed by atoms with Crippen molar-refractivity contribution in [1.82, 2.24) is 9.66 Å². The number of hydrogen-bond donors (Lipinski definition) is 0. The highest BCUT2D eigenvalue weighted by atomic mass is 127. The van der Waals surface area contributed by atoms with E-state index in [-0.39, 0.29) is 17.6 Å². The Bertz CT molecular complexity index is 1190. The number of nitrogens with zero attached hydrogens (tertiary/aromatic N) is 3. The van der Waals surface area contributed by atoms with Gasteiger partial charge in [0.1, 0.15) is 5.82 Å². The molecule has 1 atom stereocenters. The van der Waals surface area contributed by atoms with Crippen LogP contribution in [0.5, 0.6) is 11.5 Å². The summed E-state index contributed by atoms with van der Waals surface area (Å²) in [4.78, 5) is 18.0. The van der Waals surface area contributed by atoms with E-state index < -0.39 is 0 Å². The molecule has 0 unspecified atom stereocenters. The Labute approximate surface area is 203 Å². The van der Waals surface area contributed by atoms with Crippen molar-refractivity contribution in [2.24, 2.45) is 5.10 Å². The average molecular weight is 598 g/mol. The number of fused-ring (bicyclic) bond motifs is 1. The molecule has 0 N–H and O–H groups in total. The van der Waals surface area contributed by atoms with Crippen molar-refractivity contribution in [2.45, 2.75) is 46.1 Å². The molecule has 2 aromatic carbocycles. The summed E-state index contributed by atoms with van der Waals surface area (Å²) in [6.45, 7) is 8.05. The Morgan fingerprint density at radius 1 is 1.26 bits per heavy atom.